The smallest absolute Gasteiger partial charge is 0.366 e. The zero-order chi connectivity index (χ0) is 12.0. The molecular formula is C10H10BrClN2O2. The number of hydrogen-bond donors (Lipinski definition) is 1. The van der Waals surface area contributed by atoms with E-state index in [1.165, 1.54) is 0 Å². The largest absolute Gasteiger partial charge is 0.461 e. The topological polar surface area (TPSA) is 50.7 Å². The van der Waals surface area contributed by atoms with E-state index in [1.807, 2.05) is 0 Å². The molecule has 4 nitrogen and oxygen atoms in total. The molecule has 0 saturated carbocycles. The summed E-state index contributed by atoms with van der Waals surface area (Å²) >= 11 is 8.72. The summed E-state index contributed by atoms with van der Waals surface area (Å²) in [7, 11) is 0. The van der Waals surface area contributed by atoms with E-state index >= 15 is 0 Å². The number of halogens is 2. The van der Waals surface area contributed by atoms with E-state index in [9.17, 15) is 4.79 Å². The van der Waals surface area contributed by atoms with Crippen LogP contribution in [0.1, 0.15) is 6.92 Å². The van der Waals surface area contributed by atoms with Crippen molar-refractivity contribution in [3.8, 4) is 0 Å². The second-order valence-corrected chi connectivity index (χ2v) is 3.93. The predicted octanol–water partition coefficient (Wildman–Crippen LogP) is 3.02. The third-order valence-electron chi connectivity index (χ3n) is 1.57. The molecule has 1 aromatic carbocycles. The summed E-state index contributed by atoms with van der Waals surface area (Å²) in [5.41, 5.74) is 3.42. The Balaban J connectivity index is 2.58. The van der Waals surface area contributed by atoms with Gasteiger partial charge < -0.3 is 4.74 Å². The van der Waals surface area contributed by atoms with Gasteiger partial charge in [-0.3, -0.25) is 5.43 Å². The van der Waals surface area contributed by atoms with Gasteiger partial charge in [0, 0.05) is 5.02 Å². The minimum Gasteiger partial charge on any atom is -0.461 e. The molecule has 0 radical (unpaired) electrons. The molecule has 0 amide bonds. The molecule has 0 atom stereocenters. The predicted molar refractivity (Wildman–Crippen MR) is 68.1 cm³/mol. The van der Waals surface area contributed by atoms with Gasteiger partial charge in [-0.15, -0.1) is 0 Å². The highest BCUT2D eigenvalue weighted by atomic mass is 79.9. The number of anilines is 1. The van der Waals surface area contributed by atoms with Crippen LogP contribution >= 0.6 is 27.5 Å². The van der Waals surface area contributed by atoms with Gasteiger partial charge in [-0.25, -0.2) is 4.79 Å². The average Bonchev–Trinajstić information content (AvgIpc) is 2.28. The summed E-state index contributed by atoms with van der Waals surface area (Å²) < 4.78 is 4.82. The minimum absolute atomic E-state index is 0.0873. The number of ether oxygens (including phenoxy) is 1. The summed E-state index contributed by atoms with van der Waals surface area (Å²) in [6.45, 7) is 2.04. The van der Waals surface area contributed by atoms with E-state index in [4.69, 9.17) is 16.3 Å². The van der Waals surface area contributed by atoms with Gasteiger partial charge in [-0.05, 0) is 47.1 Å². The van der Waals surface area contributed by atoms with Crippen LogP contribution in [0, 0.1) is 0 Å². The third kappa shape index (κ3) is 4.20. The maximum atomic E-state index is 11.2. The number of hydrazone groups is 1. The fourth-order valence-electron chi connectivity index (χ4n) is 0.874. The molecule has 0 aromatic heterocycles. The van der Waals surface area contributed by atoms with Crippen LogP contribution in [0.5, 0.6) is 0 Å². The van der Waals surface area contributed by atoms with Crippen molar-refractivity contribution in [1.82, 2.24) is 0 Å². The Hall–Kier alpha value is -1.07. The summed E-state index contributed by atoms with van der Waals surface area (Å²) in [4.78, 5) is 11.2. The Labute approximate surface area is 107 Å². The Morgan fingerprint density at radius 1 is 1.50 bits per heavy atom. The molecule has 16 heavy (non-hydrogen) atoms. The minimum atomic E-state index is -0.510. The van der Waals surface area contributed by atoms with E-state index in [2.05, 4.69) is 26.5 Å². The van der Waals surface area contributed by atoms with Crippen LogP contribution < -0.4 is 5.43 Å². The molecule has 0 aliphatic carbocycles. The molecule has 1 aromatic rings. The van der Waals surface area contributed by atoms with Crippen molar-refractivity contribution < 1.29 is 9.53 Å². The van der Waals surface area contributed by atoms with Crippen molar-refractivity contribution in [3.63, 3.8) is 0 Å². The molecule has 86 valence electrons. The van der Waals surface area contributed by atoms with Gasteiger partial charge in [-0.2, -0.15) is 5.10 Å². The molecule has 0 spiro atoms. The lowest BCUT2D eigenvalue weighted by Crippen LogP contribution is -2.12. The van der Waals surface area contributed by atoms with Crippen molar-refractivity contribution in [2.45, 2.75) is 6.92 Å². The summed E-state index contributed by atoms with van der Waals surface area (Å²) in [6.07, 6.45) is 0. The van der Waals surface area contributed by atoms with Crippen LogP contribution in [0.15, 0.2) is 29.4 Å². The number of carbonyl (C=O) groups is 1. The normalized spacial score (nSPS) is 11.1. The van der Waals surface area contributed by atoms with E-state index in [1.54, 1.807) is 31.2 Å². The van der Waals surface area contributed by atoms with Gasteiger partial charge >= 0.3 is 5.97 Å². The van der Waals surface area contributed by atoms with Crippen molar-refractivity contribution >= 4 is 43.8 Å². The van der Waals surface area contributed by atoms with Crippen LogP contribution in [0.3, 0.4) is 0 Å². The molecule has 0 aliphatic heterocycles. The second kappa shape index (κ2) is 6.50. The molecule has 0 saturated heterocycles. The number of hydrogen-bond acceptors (Lipinski definition) is 4. The molecule has 0 unspecified atom stereocenters. The third-order valence-corrected chi connectivity index (χ3v) is 2.32. The number of carbonyl (C=O) groups excluding carboxylic acids is 1. The molecule has 0 aliphatic rings. The van der Waals surface area contributed by atoms with Crippen molar-refractivity contribution in [3.05, 3.63) is 29.3 Å². The van der Waals surface area contributed by atoms with Crippen LogP contribution in [0.25, 0.3) is 0 Å². The summed E-state index contributed by atoms with van der Waals surface area (Å²) in [6, 6.07) is 6.93. The van der Waals surface area contributed by atoms with E-state index in [0.717, 1.165) is 5.69 Å². The summed E-state index contributed by atoms with van der Waals surface area (Å²) in [5, 5.41) is 4.45. The van der Waals surface area contributed by atoms with Gasteiger partial charge in [0.05, 0.1) is 12.3 Å². The van der Waals surface area contributed by atoms with Gasteiger partial charge in [0.2, 0.25) is 4.62 Å². The first kappa shape index (κ1) is 13.0. The zero-order valence-electron chi connectivity index (χ0n) is 8.54. The number of nitrogens with one attached hydrogen (secondary N) is 1. The maximum Gasteiger partial charge on any atom is 0.366 e. The lowest BCUT2D eigenvalue weighted by molar-refractivity contribution is -0.134. The fraction of sp³-hybridized carbons (Fsp3) is 0.200. The molecule has 0 heterocycles. The molecule has 6 heteroatoms. The Kier molecular flexibility index (Phi) is 5.28. The highest BCUT2D eigenvalue weighted by molar-refractivity contribution is 9.19. The van der Waals surface area contributed by atoms with Crippen LogP contribution in [0.4, 0.5) is 5.69 Å². The molecule has 0 fully saturated rings. The van der Waals surface area contributed by atoms with Crippen LogP contribution in [0.2, 0.25) is 5.02 Å². The fourth-order valence-corrected chi connectivity index (χ4v) is 1.20. The number of benzene rings is 1. The SMILES string of the molecule is CCOC(=O)/C(Br)=N\Nc1ccc(Cl)cc1. The Morgan fingerprint density at radius 2 is 2.12 bits per heavy atom. The number of esters is 1. The molecule has 1 N–H and O–H groups in total. The maximum absolute atomic E-state index is 11.2. The molecule has 0 bridgehead atoms. The van der Waals surface area contributed by atoms with Crippen molar-refractivity contribution in [2.75, 3.05) is 12.0 Å². The molecule has 1 rings (SSSR count). The quantitative estimate of drug-likeness (QED) is 0.528. The van der Waals surface area contributed by atoms with Crippen LogP contribution in [-0.2, 0) is 9.53 Å². The monoisotopic (exact) mass is 304 g/mol. The highest BCUT2D eigenvalue weighted by Crippen LogP contribution is 2.13. The summed E-state index contributed by atoms with van der Waals surface area (Å²) in [5.74, 6) is -0.510. The lowest BCUT2D eigenvalue weighted by atomic mass is 10.3. The van der Waals surface area contributed by atoms with Crippen molar-refractivity contribution in [1.29, 1.82) is 0 Å². The Morgan fingerprint density at radius 3 is 2.69 bits per heavy atom. The first-order chi connectivity index (χ1) is 7.63. The first-order valence-corrected chi connectivity index (χ1v) is 5.72. The lowest BCUT2D eigenvalue weighted by Gasteiger charge is -2.02. The van der Waals surface area contributed by atoms with Crippen LogP contribution in [-0.4, -0.2) is 17.2 Å². The highest BCUT2D eigenvalue weighted by Gasteiger charge is 2.07. The van der Waals surface area contributed by atoms with Gasteiger partial charge in [0.15, 0.2) is 0 Å². The standard InChI is InChI=1S/C10H10BrClN2O2/c1-2-16-10(15)9(11)14-13-8-5-3-7(12)4-6-8/h3-6,13H,2H2,1H3/b14-9+. The van der Waals surface area contributed by atoms with Gasteiger partial charge in [0.1, 0.15) is 0 Å². The molecular weight excluding hydrogens is 295 g/mol. The van der Waals surface area contributed by atoms with E-state index < -0.39 is 5.97 Å². The van der Waals surface area contributed by atoms with Gasteiger partial charge in [-0.1, -0.05) is 11.6 Å². The average molecular weight is 306 g/mol. The number of nitrogens with zero attached hydrogens (tertiary/aromatic N) is 1. The zero-order valence-corrected chi connectivity index (χ0v) is 10.9. The number of rotatable bonds is 4. The second-order valence-electron chi connectivity index (χ2n) is 2.74. The van der Waals surface area contributed by atoms with Crippen molar-refractivity contribution in [2.24, 2.45) is 5.10 Å². The van der Waals surface area contributed by atoms with E-state index in [-0.39, 0.29) is 4.62 Å². The van der Waals surface area contributed by atoms with E-state index in [0.29, 0.717) is 11.6 Å². The van der Waals surface area contributed by atoms with Gasteiger partial charge in [0.25, 0.3) is 0 Å². The first-order valence-electron chi connectivity index (χ1n) is 4.55. The Bertz CT molecular complexity index is 392.